The van der Waals surface area contributed by atoms with Crippen molar-refractivity contribution in [3.8, 4) is 0 Å². The number of nitrogens with one attached hydrogen (secondary N) is 1. The average Bonchev–Trinajstić information content (AvgIpc) is 3.15. The van der Waals surface area contributed by atoms with E-state index in [1.165, 1.54) is 35.7 Å². The van der Waals surface area contributed by atoms with Gasteiger partial charge in [0.05, 0.1) is 22.9 Å². The first-order chi connectivity index (χ1) is 15.3. The third kappa shape index (κ3) is 4.79. The number of pyridine rings is 1. The van der Waals surface area contributed by atoms with Crippen molar-refractivity contribution in [2.75, 3.05) is 36.5 Å². The number of nitrogens with zero attached hydrogens (tertiary/aromatic N) is 4. The Balaban J connectivity index is 1.39. The molecule has 0 aliphatic carbocycles. The van der Waals surface area contributed by atoms with Gasteiger partial charge >= 0.3 is 6.03 Å². The molecule has 1 aliphatic rings. The lowest BCUT2D eigenvalue weighted by atomic mass is 10.1. The van der Waals surface area contributed by atoms with E-state index in [0.29, 0.717) is 35.8 Å². The maximum atomic E-state index is 14.7. The van der Waals surface area contributed by atoms with Gasteiger partial charge in [-0.3, -0.25) is 5.32 Å². The van der Waals surface area contributed by atoms with Crippen LogP contribution in [0.15, 0.2) is 30.5 Å². The van der Waals surface area contributed by atoms with Crippen molar-refractivity contribution in [2.45, 2.75) is 25.5 Å². The quantitative estimate of drug-likeness (QED) is 0.538. The highest BCUT2D eigenvalue weighted by molar-refractivity contribution is 7.22. The number of carbonyl (C=O) groups is 1. The van der Waals surface area contributed by atoms with Gasteiger partial charge in [0.2, 0.25) is 0 Å². The van der Waals surface area contributed by atoms with Crippen LogP contribution in [-0.2, 0) is 6.42 Å². The summed E-state index contributed by atoms with van der Waals surface area (Å²) in [4.78, 5) is 24.6. The summed E-state index contributed by atoms with van der Waals surface area (Å²) in [5.74, 6) is -0.712. The zero-order valence-electron chi connectivity index (χ0n) is 17.3. The van der Waals surface area contributed by atoms with Crippen molar-refractivity contribution in [1.29, 1.82) is 0 Å². The van der Waals surface area contributed by atoms with Gasteiger partial charge in [-0.15, -0.1) is 0 Å². The van der Waals surface area contributed by atoms with Crippen LogP contribution in [0.3, 0.4) is 0 Å². The van der Waals surface area contributed by atoms with E-state index in [-0.39, 0.29) is 30.1 Å². The topological polar surface area (TPSA) is 102 Å². The van der Waals surface area contributed by atoms with Crippen LogP contribution in [0.4, 0.5) is 24.5 Å². The van der Waals surface area contributed by atoms with Crippen molar-refractivity contribution < 1.29 is 23.8 Å². The Hall–Kier alpha value is -2.89. The van der Waals surface area contributed by atoms with Crippen LogP contribution in [0.25, 0.3) is 10.2 Å². The number of urea groups is 1. The van der Waals surface area contributed by atoms with Gasteiger partial charge in [-0.1, -0.05) is 11.3 Å². The minimum Gasteiger partial charge on any atom is -0.394 e. The SMILES string of the molecule is C[C@@H]1CN(C(=O)Nc2nc3cc(F)ccc3s2)CCN1c1ncc(C[C@@H](O)CO)cc1F. The lowest BCUT2D eigenvalue weighted by Gasteiger charge is -2.40. The molecule has 1 saturated heterocycles. The molecule has 1 aliphatic heterocycles. The summed E-state index contributed by atoms with van der Waals surface area (Å²) >= 11 is 1.27. The molecule has 0 bridgehead atoms. The number of carbonyl (C=O) groups excluding carboxylic acids is 1. The first-order valence-electron chi connectivity index (χ1n) is 10.2. The molecule has 2 amide bonds. The minimum atomic E-state index is -0.961. The molecular formula is C21H23F2N5O3S. The molecule has 1 fully saturated rings. The Bertz CT molecular complexity index is 1130. The van der Waals surface area contributed by atoms with Gasteiger partial charge < -0.3 is 20.0 Å². The Kier molecular flexibility index (Phi) is 6.49. The highest BCUT2D eigenvalue weighted by Gasteiger charge is 2.29. The number of aromatic nitrogens is 2. The number of piperazine rings is 1. The van der Waals surface area contributed by atoms with Crippen LogP contribution < -0.4 is 10.2 Å². The molecule has 11 heteroatoms. The molecule has 0 saturated carbocycles. The highest BCUT2D eigenvalue weighted by Crippen LogP contribution is 2.27. The maximum absolute atomic E-state index is 14.7. The fourth-order valence-electron chi connectivity index (χ4n) is 3.71. The number of amides is 2. The van der Waals surface area contributed by atoms with E-state index in [2.05, 4.69) is 15.3 Å². The fourth-order valence-corrected chi connectivity index (χ4v) is 4.55. The summed E-state index contributed by atoms with van der Waals surface area (Å²) in [5, 5.41) is 21.6. The van der Waals surface area contributed by atoms with E-state index in [1.807, 2.05) is 6.92 Å². The number of aliphatic hydroxyl groups excluding tert-OH is 2. The minimum absolute atomic E-state index is 0.114. The van der Waals surface area contributed by atoms with E-state index in [4.69, 9.17) is 5.11 Å². The molecule has 2 aromatic heterocycles. The monoisotopic (exact) mass is 463 g/mol. The normalized spacial score (nSPS) is 17.6. The number of thiazole rings is 1. The Morgan fingerprint density at radius 3 is 2.88 bits per heavy atom. The molecule has 4 rings (SSSR count). The highest BCUT2D eigenvalue weighted by atomic mass is 32.1. The Morgan fingerprint density at radius 2 is 2.16 bits per heavy atom. The van der Waals surface area contributed by atoms with Crippen molar-refractivity contribution in [1.82, 2.24) is 14.9 Å². The lowest BCUT2D eigenvalue weighted by Crippen LogP contribution is -2.55. The van der Waals surface area contributed by atoms with Gasteiger partial charge in [-0.25, -0.2) is 23.5 Å². The van der Waals surface area contributed by atoms with Gasteiger partial charge in [0.15, 0.2) is 16.8 Å². The van der Waals surface area contributed by atoms with E-state index >= 15 is 0 Å². The van der Waals surface area contributed by atoms with Crippen molar-refractivity contribution in [2.24, 2.45) is 0 Å². The van der Waals surface area contributed by atoms with Crippen molar-refractivity contribution in [3.63, 3.8) is 0 Å². The van der Waals surface area contributed by atoms with Crippen LogP contribution in [0, 0.1) is 11.6 Å². The standard InChI is InChI=1S/C21H23F2N5O3S/c1-12-10-27(21(31)26-20-25-17-8-14(22)2-3-18(17)32-20)4-5-28(12)19-16(23)7-13(9-24-19)6-15(30)11-29/h2-3,7-9,12,15,29-30H,4-6,10-11H2,1H3,(H,25,26,31)/t12-,15-/m1/s1. The summed E-state index contributed by atoms with van der Waals surface area (Å²) < 4.78 is 28.8. The molecular weight excluding hydrogens is 440 g/mol. The van der Waals surface area contributed by atoms with E-state index in [0.717, 1.165) is 4.70 Å². The molecule has 170 valence electrons. The first-order valence-corrected chi connectivity index (χ1v) is 11.0. The molecule has 3 aromatic rings. The number of aliphatic hydroxyl groups is 2. The second-order valence-electron chi connectivity index (χ2n) is 7.74. The molecule has 0 radical (unpaired) electrons. The molecule has 3 heterocycles. The van der Waals surface area contributed by atoms with E-state index < -0.39 is 18.5 Å². The Labute approximate surface area is 187 Å². The summed E-state index contributed by atoms with van der Waals surface area (Å²) in [6.45, 7) is 2.59. The van der Waals surface area contributed by atoms with Crippen LogP contribution in [0.2, 0.25) is 0 Å². The summed E-state index contributed by atoms with van der Waals surface area (Å²) in [6.07, 6.45) is 0.638. The molecule has 0 unspecified atom stereocenters. The zero-order chi connectivity index (χ0) is 22.8. The van der Waals surface area contributed by atoms with Gasteiger partial charge in [0.1, 0.15) is 5.82 Å². The zero-order valence-corrected chi connectivity index (χ0v) is 18.1. The summed E-state index contributed by atoms with van der Waals surface area (Å²) in [5.41, 5.74) is 0.981. The number of fused-ring (bicyclic) bond motifs is 1. The van der Waals surface area contributed by atoms with E-state index in [9.17, 15) is 18.7 Å². The third-order valence-electron chi connectivity index (χ3n) is 5.31. The molecule has 32 heavy (non-hydrogen) atoms. The van der Waals surface area contributed by atoms with Crippen LogP contribution in [0.1, 0.15) is 12.5 Å². The van der Waals surface area contributed by atoms with Crippen LogP contribution in [0.5, 0.6) is 0 Å². The number of hydrogen-bond donors (Lipinski definition) is 3. The third-order valence-corrected chi connectivity index (χ3v) is 6.26. The number of rotatable bonds is 5. The predicted molar refractivity (Wildman–Crippen MR) is 118 cm³/mol. The maximum Gasteiger partial charge on any atom is 0.323 e. The fraction of sp³-hybridized carbons (Fsp3) is 0.381. The number of anilines is 2. The van der Waals surface area contributed by atoms with Gasteiger partial charge in [-0.2, -0.15) is 0 Å². The van der Waals surface area contributed by atoms with Crippen molar-refractivity contribution in [3.05, 3.63) is 47.7 Å². The van der Waals surface area contributed by atoms with E-state index in [1.54, 1.807) is 15.9 Å². The Morgan fingerprint density at radius 1 is 1.34 bits per heavy atom. The van der Waals surface area contributed by atoms with Gasteiger partial charge in [0, 0.05) is 44.4 Å². The van der Waals surface area contributed by atoms with Gasteiger partial charge in [0.25, 0.3) is 0 Å². The molecule has 2 atom stereocenters. The molecule has 8 nitrogen and oxygen atoms in total. The van der Waals surface area contributed by atoms with Gasteiger partial charge in [-0.05, 0) is 30.7 Å². The summed E-state index contributed by atoms with van der Waals surface area (Å²) in [6, 6.07) is 5.09. The number of benzene rings is 1. The van der Waals surface area contributed by atoms with Crippen molar-refractivity contribution >= 4 is 38.5 Å². The summed E-state index contributed by atoms with van der Waals surface area (Å²) in [7, 11) is 0. The molecule has 0 spiro atoms. The molecule has 3 N–H and O–H groups in total. The lowest BCUT2D eigenvalue weighted by molar-refractivity contribution is 0.0954. The smallest absolute Gasteiger partial charge is 0.323 e. The van der Waals surface area contributed by atoms with Crippen LogP contribution in [-0.4, -0.2) is 69.5 Å². The second-order valence-corrected chi connectivity index (χ2v) is 8.77. The van der Waals surface area contributed by atoms with Crippen LogP contribution >= 0.6 is 11.3 Å². The number of halogens is 2. The largest absolute Gasteiger partial charge is 0.394 e. The number of hydrogen-bond acceptors (Lipinski definition) is 7. The first kappa shape index (κ1) is 22.3. The molecule has 1 aromatic carbocycles. The average molecular weight is 464 g/mol. The second kappa shape index (κ2) is 9.31. The predicted octanol–water partition coefficient (Wildman–Crippen LogP) is 2.61.